The van der Waals surface area contributed by atoms with Crippen LogP contribution in [0.5, 0.6) is 17.2 Å². The first kappa shape index (κ1) is 17.6. The molecule has 0 amide bonds. The van der Waals surface area contributed by atoms with Gasteiger partial charge in [0, 0.05) is 23.7 Å². The highest BCUT2D eigenvalue weighted by Crippen LogP contribution is 2.44. The molecule has 0 saturated carbocycles. The molecule has 0 radical (unpaired) electrons. The summed E-state index contributed by atoms with van der Waals surface area (Å²) in [5, 5.41) is 25.1. The van der Waals surface area contributed by atoms with Crippen LogP contribution in [0.25, 0.3) is 21.9 Å². The van der Waals surface area contributed by atoms with E-state index in [1.807, 2.05) is 24.3 Å². The lowest BCUT2D eigenvalue weighted by Gasteiger charge is -2.09. The summed E-state index contributed by atoms with van der Waals surface area (Å²) in [5.74, 6) is 0.655. The molecule has 138 valence electrons. The minimum absolute atomic E-state index is 0.0917. The van der Waals surface area contributed by atoms with Gasteiger partial charge in [-0.15, -0.1) is 0 Å². The van der Waals surface area contributed by atoms with Crippen LogP contribution in [0.15, 0.2) is 46.9 Å². The topological polar surface area (TPSA) is 74.9 Å². The van der Waals surface area contributed by atoms with Crippen LogP contribution in [0.2, 0.25) is 10.0 Å². The number of phenols is 2. The summed E-state index contributed by atoms with van der Waals surface area (Å²) in [4.78, 5) is 0. The van der Waals surface area contributed by atoms with Crippen LogP contribution < -0.4 is 10.1 Å². The average Bonchev–Trinajstić information content (AvgIpc) is 3.04. The molecule has 1 heterocycles. The van der Waals surface area contributed by atoms with Gasteiger partial charge >= 0.3 is 0 Å². The molecule has 5 nitrogen and oxygen atoms in total. The molecule has 0 aliphatic heterocycles. The van der Waals surface area contributed by atoms with Crippen molar-refractivity contribution >= 4 is 50.8 Å². The van der Waals surface area contributed by atoms with Crippen LogP contribution in [0.3, 0.4) is 0 Å². The Bertz CT molecular complexity index is 1150. The van der Waals surface area contributed by atoms with Crippen LogP contribution in [0.1, 0.15) is 5.56 Å². The number of methoxy groups -OCH3 is 1. The fourth-order valence-corrected chi connectivity index (χ4v) is 3.57. The molecule has 7 heteroatoms. The van der Waals surface area contributed by atoms with E-state index in [0.717, 1.165) is 11.4 Å². The molecule has 4 aromatic rings. The third-order valence-corrected chi connectivity index (χ3v) is 5.09. The Labute approximate surface area is 164 Å². The van der Waals surface area contributed by atoms with Crippen molar-refractivity contribution < 1.29 is 19.4 Å². The van der Waals surface area contributed by atoms with Gasteiger partial charge in [-0.25, -0.2) is 0 Å². The highest BCUT2D eigenvalue weighted by molar-refractivity contribution is 6.42. The molecule has 0 fully saturated rings. The van der Waals surface area contributed by atoms with Gasteiger partial charge in [0.1, 0.15) is 22.7 Å². The summed E-state index contributed by atoms with van der Waals surface area (Å²) in [6, 6.07) is 12.2. The highest BCUT2D eigenvalue weighted by atomic mass is 35.5. The van der Waals surface area contributed by atoms with E-state index in [2.05, 4.69) is 5.32 Å². The van der Waals surface area contributed by atoms with E-state index in [9.17, 15) is 10.2 Å². The molecule has 0 spiro atoms. The molecule has 0 unspecified atom stereocenters. The number of rotatable bonds is 4. The second-order valence-electron chi connectivity index (χ2n) is 6.02. The molecule has 0 saturated heterocycles. The second kappa shape index (κ2) is 6.76. The number of aromatic hydroxyl groups is 2. The van der Waals surface area contributed by atoms with Crippen molar-refractivity contribution in [3.8, 4) is 17.2 Å². The van der Waals surface area contributed by atoms with Crippen molar-refractivity contribution in [2.45, 2.75) is 6.54 Å². The summed E-state index contributed by atoms with van der Waals surface area (Å²) >= 11 is 12.3. The third-order valence-electron chi connectivity index (χ3n) is 4.43. The van der Waals surface area contributed by atoms with Crippen molar-refractivity contribution in [3.63, 3.8) is 0 Å². The minimum atomic E-state index is -0.195. The molecule has 0 atom stereocenters. The summed E-state index contributed by atoms with van der Waals surface area (Å²) in [6.07, 6.45) is 0. The standard InChI is InChI=1S/C20H15Cl2NO4/c1-26-11-4-2-10(3-5-11)23-9-13-15(24)7-6-12-17-16(27-20(12)13)8-14(21)19(25)18(17)22/h2-8,23-25H,9H2,1H3. The maximum absolute atomic E-state index is 10.3. The van der Waals surface area contributed by atoms with Crippen LogP contribution in [0.4, 0.5) is 5.69 Å². The van der Waals surface area contributed by atoms with E-state index in [-0.39, 0.29) is 21.5 Å². The predicted molar refractivity (Wildman–Crippen MR) is 107 cm³/mol. The molecular weight excluding hydrogens is 389 g/mol. The number of furan rings is 1. The maximum Gasteiger partial charge on any atom is 0.153 e. The van der Waals surface area contributed by atoms with Crippen LogP contribution in [0, 0.1) is 0 Å². The van der Waals surface area contributed by atoms with Crippen molar-refractivity contribution in [1.29, 1.82) is 0 Å². The van der Waals surface area contributed by atoms with Gasteiger partial charge in [0.2, 0.25) is 0 Å². The van der Waals surface area contributed by atoms with Crippen molar-refractivity contribution in [3.05, 3.63) is 58.1 Å². The number of hydrogen-bond acceptors (Lipinski definition) is 5. The first-order chi connectivity index (χ1) is 13.0. The number of halogens is 2. The number of benzene rings is 3. The second-order valence-corrected chi connectivity index (χ2v) is 6.80. The molecule has 0 bridgehead atoms. The number of hydrogen-bond donors (Lipinski definition) is 3. The zero-order chi connectivity index (χ0) is 19.1. The summed E-state index contributed by atoms with van der Waals surface area (Å²) in [6.45, 7) is 0.326. The van der Waals surface area contributed by atoms with E-state index in [4.69, 9.17) is 32.4 Å². The smallest absolute Gasteiger partial charge is 0.153 e. The highest BCUT2D eigenvalue weighted by Gasteiger charge is 2.20. The predicted octanol–water partition coefficient (Wildman–Crippen LogP) is 5.92. The van der Waals surface area contributed by atoms with Gasteiger partial charge in [0.15, 0.2) is 5.75 Å². The molecule has 3 N–H and O–H groups in total. The van der Waals surface area contributed by atoms with Crippen LogP contribution in [-0.2, 0) is 6.54 Å². The zero-order valence-electron chi connectivity index (χ0n) is 14.2. The summed E-state index contributed by atoms with van der Waals surface area (Å²) < 4.78 is 11.1. The van der Waals surface area contributed by atoms with Gasteiger partial charge < -0.3 is 24.7 Å². The Kier molecular flexibility index (Phi) is 4.42. The number of anilines is 1. The van der Waals surface area contributed by atoms with Crippen molar-refractivity contribution in [1.82, 2.24) is 0 Å². The van der Waals surface area contributed by atoms with Gasteiger partial charge in [-0.05, 0) is 36.4 Å². The van der Waals surface area contributed by atoms with E-state index in [0.29, 0.717) is 34.0 Å². The molecule has 1 aromatic heterocycles. The molecule has 27 heavy (non-hydrogen) atoms. The van der Waals surface area contributed by atoms with Crippen molar-refractivity contribution in [2.75, 3.05) is 12.4 Å². The first-order valence-corrected chi connectivity index (χ1v) is 8.87. The third kappa shape index (κ3) is 2.99. The first-order valence-electron chi connectivity index (χ1n) is 8.11. The lowest BCUT2D eigenvalue weighted by molar-refractivity contribution is 0.415. The monoisotopic (exact) mass is 403 g/mol. The Morgan fingerprint density at radius 3 is 2.52 bits per heavy atom. The van der Waals surface area contributed by atoms with Gasteiger partial charge in [-0.1, -0.05) is 23.2 Å². The van der Waals surface area contributed by atoms with Gasteiger partial charge in [-0.2, -0.15) is 0 Å². The number of ether oxygens (including phenoxy) is 1. The number of fused-ring (bicyclic) bond motifs is 3. The average molecular weight is 404 g/mol. The largest absolute Gasteiger partial charge is 0.507 e. The lowest BCUT2D eigenvalue weighted by Crippen LogP contribution is -2.00. The van der Waals surface area contributed by atoms with Gasteiger partial charge in [-0.3, -0.25) is 0 Å². The molecule has 0 aliphatic rings. The Morgan fingerprint density at radius 2 is 1.81 bits per heavy atom. The van der Waals surface area contributed by atoms with Crippen LogP contribution in [-0.4, -0.2) is 17.3 Å². The van der Waals surface area contributed by atoms with Crippen LogP contribution >= 0.6 is 23.2 Å². The Morgan fingerprint density at radius 1 is 1.07 bits per heavy atom. The van der Waals surface area contributed by atoms with Crippen molar-refractivity contribution in [2.24, 2.45) is 0 Å². The number of nitrogens with one attached hydrogen (secondary N) is 1. The van der Waals surface area contributed by atoms with Gasteiger partial charge in [0.05, 0.1) is 28.1 Å². The fraction of sp³-hybridized carbons (Fsp3) is 0.100. The molecule has 4 rings (SSSR count). The zero-order valence-corrected chi connectivity index (χ0v) is 15.7. The quantitative estimate of drug-likeness (QED) is 0.393. The van der Waals surface area contributed by atoms with E-state index >= 15 is 0 Å². The van der Waals surface area contributed by atoms with E-state index in [1.165, 1.54) is 6.07 Å². The molecule has 3 aromatic carbocycles. The van der Waals surface area contributed by atoms with Gasteiger partial charge in [0.25, 0.3) is 0 Å². The normalized spacial score (nSPS) is 11.2. The lowest BCUT2D eigenvalue weighted by atomic mass is 10.1. The maximum atomic E-state index is 10.3. The van der Waals surface area contributed by atoms with E-state index in [1.54, 1.807) is 19.2 Å². The Hall–Kier alpha value is -2.76. The fourth-order valence-electron chi connectivity index (χ4n) is 3.03. The summed E-state index contributed by atoms with van der Waals surface area (Å²) in [5.41, 5.74) is 2.36. The number of phenolic OH excluding ortho intramolecular Hbond substituents is 2. The van der Waals surface area contributed by atoms with E-state index < -0.39 is 0 Å². The molecular formula is C20H15Cl2NO4. The molecule has 0 aliphatic carbocycles. The Balaban J connectivity index is 1.78. The SMILES string of the molecule is COc1ccc(NCc2c(O)ccc3c2oc2cc(Cl)c(O)c(Cl)c23)cc1. The summed E-state index contributed by atoms with van der Waals surface area (Å²) in [7, 11) is 1.61. The minimum Gasteiger partial charge on any atom is -0.507 e.